The number of ether oxygens (including phenoxy) is 1. The highest BCUT2D eigenvalue weighted by Gasteiger charge is 2.21. The van der Waals surface area contributed by atoms with Crippen LogP contribution in [0.4, 0.5) is 0 Å². The first-order valence-electron chi connectivity index (χ1n) is 7.57. The number of aryl methyl sites for hydroxylation is 1. The molecule has 0 radical (unpaired) electrons. The fourth-order valence-electron chi connectivity index (χ4n) is 2.98. The van der Waals surface area contributed by atoms with Gasteiger partial charge in [-0.05, 0) is 41.9 Å². The van der Waals surface area contributed by atoms with Crippen molar-refractivity contribution in [2.75, 3.05) is 0 Å². The molecule has 0 N–H and O–H groups in total. The van der Waals surface area contributed by atoms with Gasteiger partial charge in [-0.25, -0.2) is 0 Å². The summed E-state index contributed by atoms with van der Waals surface area (Å²) in [6.45, 7) is 0.378. The molecule has 2 aromatic carbocycles. The summed E-state index contributed by atoms with van der Waals surface area (Å²) in [5, 5.41) is 0. The number of hydrogen-bond donors (Lipinski definition) is 0. The summed E-state index contributed by atoms with van der Waals surface area (Å²) in [5.74, 6) is 0.339. The van der Waals surface area contributed by atoms with Crippen LogP contribution < -0.4 is 0 Å². The molecule has 0 aliphatic heterocycles. The van der Waals surface area contributed by atoms with Crippen molar-refractivity contribution < 1.29 is 9.53 Å². The second-order valence-corrected chi connectivity index (χ2v) is 5.73. The van der Waals surface area contributed by atoms with Crippen molar-refractivity contribution in [1.29, 1.82) is 0 Å². The summed E-state index contributed by atoms with van der Waals surface area (Å²) < 4.78 is 5.38. The fraction of sp³-hybridized carbons (Fsp3) is 0.316. The van der Waals surface area contributed by atoms with Gasteiger partial charge in [0, 0.05) is 6.42 Å². The molecule has 0 bridgehead atoms. The van der Waals surface area contributed by atoms with Gasteiger partial charge in [-0.15, -0.1) is 0 Å². The third kappa shape index (κ3) is 3.72. The van der Waals surface area contributed by atoms with Crippen molar-refractivity contribution in [3.8, 4) is 0 Å². The lowest BCUT2D eigenvalue weighted by Gasteiger charge is -2.23. The van der Waals surface area contributed by atoms with Gasteiger partial charge in [0.05, 0.1) is 0 Å². The number of benzene rings is 2. The second-order valence-electron chi connectivity index (χ2n) is 5.73. The van der Waals surface area contributed by atoms with E-state index in [4.69, 9.17) is 4.74 Å². The minimum atomic E-state index is -0.0803. The Kier molecular flexibility index (Phi) is 4.34. The third-order valence-corrected chi connectivity index (χ3v) is 4.15. The molecule has 21 heavy (non-hydrogen) atoms. The Morgan fingerprint density at radius 1 is 1.00 bits per heavy atom. The molecule has 2 nitrogen and oxygen atoms in total. The number of rotatable bonds is 4. The van der Waals surface area contributed by atoms with E-state index in [0.717, 1.165) is 24.8 Å². The molecule has 2 heteroatoms. The third-order valence-electron chi connectivity index (χ3n) is 4.15. The van der Waals surface area contributed by atoms with E-state index >= 15 is 0 Å². The first kappa shape index (κ1) is 13.9. The van der Waals surface area contributed by atoms with Crippen molar-refractivity contribution in [3.05, 3.63) is 71.3 Å². The molecule has 0 fully saturated rings. The highest BCUT2D eigenvalue weighted by molar-refractivity contribution is 5.69. The van der Waals surface area contributed by atoms with Crippen LogP contribution in [0, 0.1) is 5.92 Å². The van der Waals surface area contributed by atoms with Crippen LogP contribution >= 0.6 is 0 Å². The maximum Gasteiger partial charge on any atom is 0.306 e. The van der Waals surface area contributed by atoms with E-state index < -0.39 is 0 Å². The molecule has 1 aliphatic rings. The van der Waals surface area contributed by atoms with Gasteiger partial charge in [0.25, 0.3) is 0 Å². The summed E-state index contributed by atoms with van der Waals surface area (Å²) in [6.07, 6.45) is 3.68. The molecule has 0 heterocycles. The lowest BCUT2D eigenvalue weighted by Crippen LogP contribution is -2.19. The molecular weight excluding hydrogens is 260 g/mol. The van der Waals surface area contributed by atoms with Crippen LogP contribution in [-0.2, 0) is 29.0 Å². The summed E-state index contributed by atoms with van der Waals surface area (Å²) in [4.78, 5) is 12.0. The average molecular weight is 280 g/mol. The summed E-state index contributed by atoms with van der Waals surface area (Å²) in [5.41, 5.74) is 3.87. The van der Waals surface area contributed by atoms with Crippen molar-refractivity contribution in [1.82, 2.24) is 0 Å². The number of carbonyl (C=O) groups is 1. The topological polar surface area (TPSA) is 26.3 Å². The Morgan fingerprint density at radius 2 is 1.71 bits per heavy atom. The van der Waals surface area contributed by atoms with E-state index in [1.165, 1.54) is 11.1 Å². The SMILES string of the molecule is O=C(CC1CCc2ccccc2C1)OCc1ccccc1. The zero-order valence-electron chi connectivity index (χ0n) is 12.1. The van der Waals surface area contributed by atoms with E-state index in [1.807, 2.05) is 30.3 Å². The van der Waals surface area contributed by atoms with Gasteiger partial charge < -0.3 is 4.74 Å². The molecule has 0 aromatic heterocycles. The van der Waals surface area contributed by atoms with Crippen molar-refractivity contribution in [3.63, 3.8) is 0 Å². The zero-order valence-corrected chi connectivity index (χ0v) is 12.1. The summed E-state index contributed by atoms with van der Waals surface area (Å²) >= 11 is 0. The lowest BCUT2D eigenvalue weighted by molar-refractivity contribution is -0.146. The Balaban J connectivity index is 1.50. The maximum atomic E-state index is 12.0. The van der Waals surface area contributed by atoms with Crippen LogP contribution in [0.15, 0.2) is 54.6 Å². The van der Waals surface area contributed by atoms with E-state index in [1.54, 1.807) is 0 Å². The lowest BCUT2D eigenvalue weighted by atomic mass is 9.82. The average Bonchev–Trinajstić information content (AvgIpc) is 2.54. The molecule has 0 saturated carbocycles. The first-order valence-corrected chi connectivity index (χ1v) is 7.57. The minimum Gasteiger partial charge on any atom is -0.461 e. The first-order chi connectivity index (χ1) is 10.3. The van der Waals surface area contributed by atoms with Crippen LogP contribution in [-0.4, -0.2) is 5.97 Å². The number of esters is 1. The van der Waals surface area contributed by atoms with Gasteiger partial charge in [-0.3, -0.25) is 4.79 Å². The number of fused-ring (bicyclic) bond motifs is 1. The highest BCUT2D eigenvalue weighted by atomic mass is 16.5. The van der Waals surface area contributed by atoms with Gasteiger partial charge in [0.1, 0.15) is 6.61 Å². The van der Waals surface area contributed by atoms with Crippen LogP contribution in [0.25, 0.3) is 0 Å². The quantitative estimate of drug-likeness (QED) is 0.793. The van der Waals surface area contributed by atoms with Crippen molar-refractivity contribution in [2.24, 2.45) is 5.92 Å². The molecule has 2 aromatic rings. The highest BCUT2D eigenvalue weighted by Crippen LogP contribution is 2.27. The predicted octanol–water partition coefficient (Wildman–Crippen LogP) is 3.93. The Labute approximate surface area is 125 Å². The number of carbonyl (C=O) groups excluding carboxylic acids is 1. The van der Waals surface area contributed by atoms with E-state index in [-0.39, 0.29) is 5.97 Å². The van der Waals surface area contributed by atoms with Crippen LogP contribution in [0.2, 0.25) is 0 Å². The maximum absolute atomic E-state index is 12.0. The molecule has 1 unspecified atom stereocenters. The van der Waals surface area contributed by atoms with Crippen LogP contribution in [0.3, 0.4) is 0 Å². The molecule has 3 rings (SSSR count). The number of hydrogen-bond acceptors (Lipinski definition) is 2. The molecule has 108 valence electrons. The Hall–Kier alpha value is -2.09. The standard InChI is InChI=1S/C19H20O2/c20-19(21-14-15-6-2-1-3-7-15)13-16-10-11-17-8-4-5-9-18(17)12-16/h1-9,16H,10-14H2. The Bertz CT molecular complexity index is 604. The zero-order chi connectivity index (χ0) is 14.5. The molecule has 1 atom stereocenters. The normalized spacial score (nSPS) is 17.0. The van der Waals surface area contributed by atoms with Gasteiger partial charge in [-0.1, -0.05) is 54.6 Å². The van der Waals surface area contributed by atoms with Gasteiger partial charge in [0.15, 0.2) is 0 Å². The molecular formula is C19H20O2. The molecule has 0 spiro atoms. The predicted molar refractivity (Wildman–Crippen MR) is 82.8 cm³/mol. The fourth-order valence-corrected chi connectivity index (χ4v) is 2.98. The van der Waals surface area contributed by atoms with Crippen molar-refractivity contribution >= 4 is 5.97 Å². The molecule has 1 aliphatic carbocycles. The molecule has 0 saturated heterocycles. The molecule has 0 amide bonds. The van der Waals surface area contributed by atoms with Crippen LogP contribution in [0.1, 0.15) is 29.5 Å². The van der Waals surface area contributed by atoms with E-state index in [0.29, 0.717) is 18.9 Å². The second kappa shape index (κ2) is 6.57. The van der Waals surface area contributed by atoms with Gasteiger partial charge in [0.2, 0.25) is 0 Å². The summed E-state index contributed by atoms with van der Waals surface area (Å²) in [7, 11) is 0. The minimum absolute atomic E-state index is 0.0803. The van der Waals surface area contributed by atoms with Gasteiger partial charge in [-0.2, -0.15) is 0 Å². The smallest absolute Gasteiger partial charge is 0.306 e. The monoisotopic (exact) mass is 280 g/mol. The Morgan fingerprint density at radius 3 is 2.52 bits per heavy atom. The van der Waals surface area contributed by atoms with E-state index in [2.05, 4.69) is 24.3 Å². The van der Waals surface area contributed by atoms with Crippen LogP contribution in [0.5, 0.6) is 0 Å². The van der Waals surface area contributed by atoms with Crippen molar-refractivity contribution in [2.45, 2.75) is 32.3 Å². The largest absolute Gasteiger partial charge is 0.461 e. The summed E-state index contributed by atoms with van der Waals surface area (Å²) in [6, 6.07) is 18.4. The van der Waals surface area contributed by atoms with Gasteiger partial charge >= 0.3 is 5.97 Å². The van der Waals surface area contributed by atoms with E-state index in [9.17, 15) is 4.79 Å².